The predicted octanol–water partition coefficient (Wildman–Crippen LogP) is 2.96. The fraction of sp³-hybridized carbons (Fsp3) is 0.250. The van der Waals surface area contributed by atoms with E-state index in [2.05, 4.69) is 10.6 Å². The highest BCUT2D eigenvalue weighted by Crippen LogP contribution is 2.21. The van der Waals surface area contributed by atoms with Gasteiger partial charge < -0.3 is 10.1 Å². The number of rotatable bonds is 7. The molecule has 2 aromatic rings. The number of hydrogen-bond acceptors (Lipinski definition) is 5. The summed E-state index contributed by atoms with van der Waals surface area (Å²) in [6, 6.07) is 14.6. The number of amides is 3. The number of carbonyl (C=O) groups is 3. The van der Waals surface area contributed by atoms with Crippen LogP contribution in [0.25, 0.3) is 0 Å². The summed E-state index contributed by atoms with van der Waals surface area (Å²) in [7, 11) is 0. The van der Waals surface area contributed by atoms with Crippen molar-refractivity contribution in [3.05, 3.63) is 65.2 Å². The number of nitrogens with one attached hydrogen (secondary N) is 2. The van der Waals surface area contributed by atoms with E-state index in [1.807, 2.05) is 62.4 Å². The highest BCUT2D eigenvalue weighted by Gasteiger charge is 2.11. The van der Waals surface area contributed by atoms with E-state index in [-0.39, 0.29) is 5.75 Å². The normalized spacial score (nSPS) is 10.1. The molecule has 7 heteroatoms. The molecule has 0 atom stereocenters. The second-order valence-electron chi connectivity index (χ2n) is 5.91. The Labute approximate surface area is 162 Å². The van der Waals surface area contributed by atoms with Crippen molar-refractivity contribution in [1.82, 2.24) is 10.6 Å². The van der Waals surface area contributed by atoms with Crippen LogP contribution in [0.15, 0.2) is 53.4 Å². The van der Waals surface area contributed by atoms with Gasteiger partial charge in [0.2, 0.25) is 0 Å². The SMILES string of the molecule is Cc1ccc(SCC(=O)OCC(=O)NC(=O)NCc2ccccc2)cc1C. The van der Waals surface area contributed by atoms with E-state index in [0.717, 1.165) is 16.0 Å². The molecule has 0 unspecified atom stereocenters. The second kappa shape index (κ2) is 10.4. The molecule has 27 heavy (non-hydrogen) atoms. The van der Waals surface area contributed by atoms with Crippen LogP contribution in [-0.4, -0.2) is 30.3 Å². The fourth-order valence-corrected chi connectivity index (χ4v) is 2.91. The number of carbonyl (C=O) groups excluding carboxylic acids is 3. The van der Waals surface area contributed by atoms with Crippen molar-refractivity contribution < 1.29 is 19.1 Å². The molecule has 6 nitrogen and oxygen atoms in total. The average Bonchev–Trinajstić information content (AvgIpc) is 2.66. The van der Waals surface area contributed by atoms with Gasteiger partial charge in [-0.05, 0) is 42.7 Å². The van der Waals surface area contributed by atoms with Crippen molar-refractivity contribution in [2.24, 2.45) is 0 Å². The third kappa shape index (κ3) is 7.53. The van der Waals surface area contributed by atoms with Crippen LogP contribution in [0.2, 0.25) is 0 Å². The summed E-state index contributed by atoms with van der Waals surface area (Å²) < 4.78 is 4.89. The van der Waals surface area contributed by atoms with Crippen LogP contribution in [-0.2, 0) is 20.9 Å². The lowest BCUT2D eigenvalue weighted by atomic mass is 10.1. The monoisotopic (exact) mass is 386 g/mol. The van der Waals surface area contributed by atoms with Crippen LogP contribution in [0.1, 0.15) is 16.7 Å². The zero-order chi connectivity index (χ0) is 19.6. The van der Waals surface area contributed by atoms with E-state index >= 15 is 0 Å². The summed E-state index contributed by atoms with van der Waals surface area (Å²) in [5.74, 6) is -1.10. The first-order chi connectivity index (χ1) is 12.9. The summed E-state index contributed by atoms with van der Waals surface area (Å²) >= 11 is 1.34. The minimum atomic E-state index is -0.676. The van der Waals surface area contributed by atoms with E-state index < -0.39 is 24.5 Å². The van der Waals surface area contributed by atoms with Crippen molar-refractivity contribution in [1.29, 1.82) is 0 Å². The number of imide groups is 1. The van der Waals surface area contributed by atoms with Crippen molar-refractivity contribution >= 4 is 29.7 Å². The Kier molecular flexibility index (Phi) is 7.88. The Bertz CT molecular complexity index is 809. The van der Waals surface area contributed by atoms with Gasteiger partial charge in [-0.2, -0.15) is 0 Å². The van der Waals surface area contributed by atoms with Gasteiger partial charge >= 0.3 is 12.0 Å². The molecule has 0 fully saturated rings. The van der Waals surface area contributed by atoms with Crippen LogP contribution in [0, 0.1) is 13.8 Å². The first kappa shape index (κ1) is 20.5. The number of aryl methyl sites for hydroxylation is 2. The van der Waals surface area contributed by atoms with Gasteiger partial charge in [0.25, 0.3) is 5.91 Å². The quantitative estimate of drug-likeness (QED) is 0.565. The molecular weight excluding hydrogens is 364 g/mol. The largest absolute Gasteiger partial charge is 0.455 e. The van der Waals surface area contributed by atoms with Gasteiger partial charge in [-0.1, -0.05) is 36.4 Å². The van der Waals surface area contributed by atoms with Gasteiger partial charge in [-0.15, -0.1) is 11.8 Å². The topological polar surface area (TPSA) is 84.5 Å². The fourth-order valence-electron chi connectivity index (χ4n) is 2.12. The third-order valence-corrected chi connectivity index (χ3v) is 4.72. The lowest BCUT2D eigenvalue weighted by Crippen LogP contribution is -2.41. The maximum absolute atomic E-state index is 11.7. The maximum Gasteiger partial charge on any atom is 0.321 e. The Morgan fingerprint density at radius 3 is 2.44 bits per heavy atom. The van der Waals surface area contributed by atoms with E-state index in [0.29, 0.717) is 6.54 Å². The summed E-state index contributed by atoms with van der Waals surface area (Å²) in [6.07, 6.45) is 0. The second-order valence-corrected chi connectivity index (χ2v) is 6.96. The first-order valence-electron chi connectivity index (χ1n) is 8.41. The molecule has 3 amide bonds. The first-order valence-corrected chi connectivity index (χ1v) is 9.40. The molecular formula is C20H22N2O4S. The lowest BCUT2D eigenvalue weighted by molar-refractivity contribution is -0.145. The molecule has 142 valence electrons. The van der Waals surface area contributed by atoms with Crippen LogP contribution in [0.5, 0.6) is 0 Å². The minimum Gasteiger partial charge on any atom is -0.455 e. The number of thioether (sulfide) groups is 1. The van der Waals surface area contributed by atoms with Gasteiger partial charge in [0, 0.05) is 11.4 Å². The third-order valence-electron chi connectivity index (χ3n) is 3.75. The summed E-state index contributed by atoms with van der Waals surface area (Å²) in [6.45, 7) is 3.83. The predicted molar refractivity (Wildman–Crippen MR) is 104 cm³/mol. The van der Waals surface area contributed by atoms with Gasteiger partial charge in [0.1, 0.15) is 0 Å². The summed E-state index contributed by atoms with van der Waals surface area (Å²) in [5, 5.41) is 4.68. The Hall–Kier alpha value is -2.80. The Balaban J connectivity index is 1.64. The number of urea groups is 1. The Morgan fingerprint density at radius 2 is 1.74 bits per heavy atom. The van der Waals surface area contributed by atoms with Crippen LogP contribution in [0.3, 0.4) is 0 Å². The van der Waals surface area contributed by atoms with Crippen molar-refractivity contribution in [2.75, 3.05) is 12.4 Å². The summed E-state index contributed by atoms with van der Waals surface area (Å²) in [5.41, 5.74) is 3.24. The number of benzene rings is 2. The standard InChI is InChI=1S/C20H22N2O4S/c1-14-8-9-17(10-15(14)2)27-13-19(24)26-12-18(23)22-20(25)21-11-16-6-4-3-5-7-16/h3-10H,11-13H2,1-2H3,(H2,21,22,23,25). The zero-order valence-corrected chi connectivity index (χ0v) is 16.1. The number of esters is 1. The molecule has 0 aliphatic heterocycles. The van der Waals surface area contributed by atoms with Gasteiger partial charge in [0.15, 0.2) is 6.61 Å². The molecule has 0 aliphatic carbocycles. The molecule has 2 N–H and O–H groups in total. The highest BCUT2D eigenvalue weighted by atomic mass is 32.2. The zero-order valence-electron chi connectivity index (χ0n) is 15.3. The maximum atomic E-state index is 11.7. The Morgan fingerprint density at radius 1 is 1.00 bits per heavy atom. The van der Waals surface area contributed by atoms with Crippen molar-refractivity contribution in [3.8, 4) is 0 Å². The molecule has 0 saturated heterocycles. The van der Waals surface area contributed by atoms with Crippen LogP contribution < -0.4 is 10.6 Å². The molecule has 0 spiro atoms. The molecule has 2 aromatic carbocycles. The molecule has 0 radical (unpaired) electrons. The van der Waals surface area contributed by atoms with E-state index in [1.54, 1.807) is 0 Å². The lowest BCUT2D eigenvalue weighted by Gasteiger charge is -2.08. The molecule has 0 aliphatic rings. The van der Waals surface area contributed by atoms with Crippen molar-refractivity contribution in [2.45, 2.75) is 25.3 Å². The van der Waals surface area contributed by atoms with Crippen molar-refractivity contribution in [3.63, 3.8) is 0 Å². The van der Waals surface area contributed by atoms with E-state index in [1.165, 1.54) is 17.3 Å². The number of ether oxygens (including phenoxy) is 1. The molecule has 0 aromatic heterocycles. The number of hydrogen-bond donors (Lipinski definition) is 2. The van der Waals surface area contributed by atoms with Gasteiger partial charge in [-0.3, -0.25) is 14.9 Å². The summed E-state index contributed by atoms with van der Waals surface area (Å²) in [4.78, 5) is 36.0. The highest BCUT2D eigenvalue weighted by molar-refractivity contribution is 8.00. The average molecular weight is 386 g/mol. The molecule has 0 bridgehead atoms. The molecule has 2 rings (SSSR count). The molecule has 0 heterocycles. The molecule has 0 saturated carbocycles. The van der Waals surface area contributed by atoms with Crippen LogP contribution in [0.4, 0.5) is 4.79 Å². The smallest absolute Gasteiger partial charge is 0.321 e. The van der Waals surface area contributed by atoms with Gasteiger partial charge in [-0.25, -0.2) is 4.79 Å². The minimum absolute atomic E-state index is 0.0932. The van der Waals surface area contributed by atoms with E-state index in [9.17, 15) is 14.4 Å². The van der Waals surface area contributed by atoms with E-state index in [4.69, 9.17) is 4.74 Å². The van der Waals surface area contributed by atoms with Gasteiger partial charge in [0.05, 0.1) is 5.75 Å². The van der Waals surface area contributed by atoms with Crippen LogP contribution >= 0.6 is 11.8 Å².